The number of nitrogens with zero attached hydrogens (tertiary/aromatic N) is 1. The van der Waals surface area contributed by atoms with Crippen LogP contribution in [-0.2, 0) is 25.7 Å². The number of piperidine rings is 1. The highest BCUT2D eigenvalue weighted by atomic mass is 16.6. The molecular formula is C24H37N3O6. The van der Waals surface area contributed by atoms with Gasteiger partial charge in [-0.15, -0.1) is 0 Å². The maximum absolute atomic E-state index is 12.6. The molecule has 0 saturated carbocycles. The van der Waals surface area contributed by atoms with Crippen LogP contribution < -0.4 is 15.8 Å². The number of unbranched alkanes of at least 4 members (excludes halogenated alkanes) is 1. The highest BCUT2D eigenvalue weighted by Crippen LogP contribution is 2.20. The highest BCUT2D eigenvalue weighted by Gasteiger charge is 2.32. The topological polar surface area (TPSA) is 120 Å². The van der Waals surface area contributed by atoms with Crippen LogP contribution in [0.15, 0.2) is 24.3 Å². The van der Waals surface area contributed by atoms with Gasteiger partial charge in [0.25, 0.3) is 0 Å². The molecule has 9 heteroatoms. The van der Waals surface area contributed by atoms with Gasteiger partial charge >= 0.3 is 12.1 Å². The van der Waals surface area contributed by atoms with Gasteiger partial charge < -0.3 is 30.2 Å². The van der Waals surface area contributed by atoms with Crippen LogP contribution in [0.25, 0.3) is 0 Å². The molecule has 9 nitrogen and oxygen atoms in total. The summed E-state index contributed by atoms with van der Waals surface area (Å²) < 4.78 is 15.8. The normalized spacial score (nSPS) is 15.1. The Bertz CT molecular complexity index is 760. The van der Waals surface area contributed by atoms with E-state index in [1.807, 2.05) is 38.1 Å². The standard InChI is InChI=1S/C24H37N3O6/c1-17(2)21(23(29)31-3)26-22(28)19-10-13-27(14-11-19)24(30)33-16-18-6-8-20(9-7-18)32-15-5-4-12-25/h6-9,17,19,21H,4-5,10-16,25H2,1-3H3,(H,26,28). The fourth-order valence-corrected chi connectivity index (χ4v) is 3.57. The van der Waals surface area contributed by atoms with Crippen molar-refractivity contribution in [2.24, 2.45) is 17.6 Å². The molecule has 2 rings (SSSR count). The zero-order valence-corrected chi connectivity index (χ0v) is 19.9. The van der Waals surface area contributed by atoms with Gasteiger partial charge in [0.1, 0.15) is 18.4 Å². The number of hydrogen-bond acceptors (Lipinski definition) is 7. The van der Waals surface area contributed by atoms with Crippen LogP contribution in [0.1, 0.15) is 45.1 Å². The summed E-state index contributed by atoms with van der Waals surface area (Å²) in [6.07, 6.45) is 2.48. The van der Waals surface area contributed by atoms with Gasteiger partial charge in [-0.3, -0.25) is 4.79 Å². The van der Waals surface area contributed by atoms with Gasteiger partial charge in [-0.05, 0) is 55.8 Å². The minimum atomic E-state index is -0.673. The minimum Gasteiger partial charge on any atom is -0.494 e. The van der Waals surface area contributed by atoms with Crippen molar-refractivity contribution >= 4 is 18.0 Å². The molecule has 0 aliphatic carbocycles. The van der Waals surface area contributed by atoms with E-state index < -0.39 is 18.1 Å². The molecule has 1 heterocycles. The fraction of sp³-hybridized carbons (Fsp3) is 0.625. The fourth-order valence-electron chi connectivity index (χ4n) is 3.57. The first-order valence-corrected chi connectivity index (χ1v) is 11.6. The summed E-state index contributed by atoms with van der Waals surface area (Å²) in [5.74, 6) is -0.192. The molecule has 1 aliphatic rings. The van der Waals surface area contributed by atoms with Crippen LogP contribution in [0.4, 0.5) is 4.79 Å². The van der Waals surface area contributed by atoms with E-state index in [2.05, 4.69) is 5.32 Å². The van der Waals surface area contributed by atoms with Crippen molar-refractivity contribution in [3.63, 3.8) is 0 Å². The molecule has 0 spiro atoms. The Balaban J connectivity index is 1.73. The Morgan fingerprint density at radius 2 is 1.79 bits per heavy atom. The zero-order chi connectivity index (χ0) is 24.2. The number of hydrogen-bond donors (Lipinski definition) is 2. The number of nitrogens with one attached hydrogen (secondary N) is 1. The van der Waals surface area contributed by atoms with Crippen molar-refractivity contribution in [3.8, 4) is 5.75 Å². The Morgan fingerprint density at radius 1 is 1.12 bits per heavy atom. The van der Waals surface area contributed by atoms with Gasteiger partial charge in [-0.2, -0.15) is 0 Å². The predicted octanol–water partition coefficient (Wildman–Crippen LogP) is 2.47. The van der Waals surface area contributed by atoms with Gasteiger partial charge in [-0.25, -0.2) is 9.59 Å². The summed E-state index contributed by atoms with van der Waals surface area (Å²) in [4.78, 5) is 38.5. The number of rotatable bonds is 11. The molecule has 1 atom stereocenters. The third-order valence-corrected chi connectivity index (χ3v) is 5.70. The molecular weight excluding hydrogens is 426 g/mol. The number of likely N-dealkylation sites (tertiary alicyclic amines) is 1. The van der Waals surface area contributed by atoms with E-state index in [9.17, 15) is 14.4 Å². The first-order chi connectivity index (χ1) is 15.8. The monoisotopic (exact) mass is 463 g/mol. The Morgan fingerprint density at radius 3 is 2.36 bits per heavy atom. The largest absolute Gasteiger partial charge is 0.494 e. The van der Waals surface area contributed by atoms with Crippen LogP contribution >= 0.6 is 0 Å². The second kappa shape index (κ2) is 13.7. The van der Waals surface area contributed by atoms with E-state index >= 15 is 0 Å². The first kappa shape index (κ1) is 26.4. The lowest BCUT2D eigenvalue weighted by atomic mass is 9.95. The number of carbonyl (C=O) groups is 3. The van der Waals surface area contributed by atoms with Crippen LogP contribution in [0.3, 0.4) is 0 Å². The summed E-state index contributed by atoms with van der Waals surface area (Å²) in [5.41, 5.74) is 6.34. The van der Waals surface area contributed by atoms with Crippen molar-refractivity contribution < 1.29 is 28.6 Å². The second-order valence-corrected chi connectivity index (χ2v) is 8.56. The lowest BCUT2D eigenvalue weighted by Crippen LogP contribution is -2.49. The highest BCUT2D eigenvalue weighted by molar-refractivity contribution is 5.86. The molecule has 1 aliphatic heterocycles. The predicted molar refractivity (Wildman–Crippen MR) is 123 cm³/mol. The molecule has 33 heavy (non-hydrogen) atoms. The summed E-state index contributed by atoms with van der Waals surface area (Å²) in [6.45, 7) is 6.01. The zero-order valence-electron chi connectivity index (χ0n) is 19.9. The molecule has 2 amide bonds. The van der Waals surface area contributed by atoms with Gasteiger partial charge in [0.2, 0.25) is 5.91 Å². The first-order valence-electron chi connectivity index (χ1n) is 11.6. The molecule has 0 radical (unpaired) electrons. The number of carbonyl (C=O) groups excluding carboxylic acids is 3. The van der Waals surface area contributed by atoms with Crippen LogP contribution in [0, 0.1) is 11.8 Å². The maximum Gasteiger partial charge on any atom is 0.410 e. The molecule has 1 aromatic carbocycles. The molecule has 0 bridgehead atoms. The summed E-state index contributed by atoms with van der Waals surface area (Å²) in [5, 5.41) is 2.79. The van der Waals surface area contributed by atoms with E-state index in [1.54, 1.807) is 4.90 Å². The number of esters is 1. The average molecular weight is 464 g/mol. The molecule has 3 N–H and O–H groups in total. The van der Waals surface area contributed by atoms with Crippen molar-refractivity contribution in [3.05, 3.63) is 29.8 Å². The lowest BCUT2D eigenvalue weighted by Gasteiger charge is -2.31. The molecule has 184 valence electrons. The lowest BCUT2D eigenvalue weighted by molar-refractivity contribution is -0.147. The van der Waals surface area contributed by atoms with E-state index in [-0.39, 0.29) is 24.3 Å². The smallest absolute Gasteiger partial charge is 0.410 e. The molecule has 1 saturated heterocycles. The van der Waals surface area contributed by atoms with Gasteiger partial charge in [-0.1, -0.05) is 26.0 Å². The summed E-state index contributed by atoms with van der Waals surface area (Å²) >= 11 is 0. The van der Waals surface area contributed by atoms with Crippen molar-refractivity contribution in [2.75, 3.05) is 33.4 Å². The Kier molecular flexibility index (Phi) is 11.0. The maximum atomic E-state index is 12.6. The number of amides is 2. The van der Waals surface area contributed by atoms with Gasteiger partial charge in [0, 0.05) is 19.0 Å². The van der Waals surface area contributed by atoms with E-state index in [0.717, 1.165) is 24.2 Å². The van der Waals surface area contributed by atoms with Crippen molar-refractivity contribution in [2.45, 2.75) is 52.2 Å². The van der Waals surface area contributed by atoms with Gasteiger partial charge in [0.15, 0.2) is 0 Å². The third-order valence-electron chi connectivity index (χ3n) is 5.70. The van der Waals surface area contributed by atoms with Crippen LogP contribution in [0.2, 0.25) is 0 Å². The van der Waals surface area contributed by atoms with Crippen molar-refractivity contribution in [1.29, 1.82) is 0 Å². The summed E-state index contributed by atoms with van der Waals surface area (Å²) in [7, 11) is 1.31. The number of benzene rings is 1. The Hall–Kier alpha value is -2.81. The molecule has 1 unspecified atom stereocenters. The van der Waals surface area contributed by atoms with E-state index in [0.29, 0.717) is 39.1 Å². The summed E-state index contributed by atoms with van der Waals surface area (Å²) in [6, 6.07) is 6.78. The van der Waals surface area contributed by atoms with Crippen LogP contribution in [0.5, 0.6) is 5.75 Å². The second-order valence-electron chi connectivity index (χ2n) is 8.56. The molecule has 0 aromatic heterocycles. The number of nitrogens with two attached hydrogens (primary N) is 1. The molecule has 1 fully saturated rings. The van der Waals surface area contributed by atoms with E-state index in [4.69, 9.17) is 19.9 Å². The SMILES string of the molecule is COC(=O)C(NC(=O)C1CCN(C(=O)OCc2ccc(OCCCCN)cc2)CC1)C(C)C. The van der Waals surface area contributed by atoms with Gasteiger partial charge in [0.05, 0.1) is 13.7 Å². The van der Waals surface area contributed by atoms with Crippen molar-refractivity contribution in [1.82, 2.24) is 10.2 Å². The van der Waals surface area contributed by atoms with E-state index in [1.165, 1.54) is 7.11 Å². The number of methoxy groups -OCH3 is 1. The number of ether oxygens (including phenoxy) is 3. The third kappa shape index (κ3) is 8.57. The van der Waals surface area contributed by atoms with Crippen LogP contribution in [-0.4, -0.2) is 62.3 Å². The average Bonchev–Trinajstić information content (AvgIpc) is 2.83. The minimum absolute atomic E-state index is 0.0757. The Labute approximate surface area is 195 Å². The quantitative estimate of drug-likeness (QED) is 0.382. The molecule has 1 aromatic rings.